The molecule has 2 aliphatic rings. The first-order valence-electron chi connectivity index (χ1n) is 7.71. The van der Waals surface area contributed by atoms with Crippen molar-refractivity contribution in [1.29, 1.82) is 0 Å². The number of nitrogens with two attached hydrogens (primary N) is 1. The topological polar surface area (TPSA) is 32.5 Å². The van der Waals surface area contributed by atoms with Crippen LogP contribution in [0.5, 0.6) is 0 Å². The molecule has 1 unspecified atom stereocenters. The minimum atomic E-state index is 0.431. The summed E-state index contributed by atoms with van der Waals surface area (Å²) in [5, 5.41) is 0.820. The lowest BCUT2D eigenvalue weighted by Crippen LogP contribution is -2.47. The minimum Gasteiger partial charge on any atom is -0.369 e. The Bertz CT molecular complexity index is 439. The van der Waals surface area contributed by atoms with Crippen molar-refractivity contribution in [1.82, 2.24) is 4.90 Å². The van der Waals surface area contributed by atoms with Gasteiger partial charge >= 0.3 is 0 Å². The van der Waals surface area contributed by atoms with Crippen molar-refractivity contribution in [3.63, 3.8) is 0 Å². The molecule has 1 aliphatic carbocycles. The number of nitrogens with zero attached hydrogens (tertiary/aromatic N) is 2. The molecule has 0 bridgehead atoms. The van der Waals surface area contributed by atoms with E-state index in [-0.39, 0.29) is 0 Å². The van der Waals surface area contributed by atoms with E-state index in [1.54, 1.807) is 0 Å². The molecule has 1 heterocycles. The zero-order valence-electron chi connectivity index (χ0n) is 12.0. The molecule has 3 nitrogen and oxygen atoms in total. The molecule has 1 aliphatic heterocycles. The van der Waals surface area contributed by atoms with E-state index in [1.165, 1.54) is 18.5 Å². The summed E-state index contributed by atoms with van der Waals surface area (Å²) >= 11 is 6.06. The smallest absolute Gasteiger partial charge is 0.0426 e. The summed E-state index contributed by atoms with van der Waals surface area (Å²) in [6.07, 6.45) is 3.86. The summed E-state index contributed by atoms with van der Waals surface area (Å²) in [5.74, 6) is 0.822. The molecular weight excluding hydrogens is 270 g/mol. The molecular formula is C16H24ClN3. The maximum Gasteiger partial charge on any atom is 0.0426 e. The molecule has 110 valence electrons. The quantitative estimate of drug-likeness (QED) is 0.906. The first-order chi connectivity index (χ1) is 9.72. The summed E-state index contributed by atoms with van der Waals surface area (Å²) in [7, 11) is 0. The van der Waals surface area contributed by atoms with Crippen LogP contribution in [-0.4, -0.2) is 43.7 Å². The average Bonchev–Trinajstić information content (AvgIpc) is 3.30. The number of halogens is 1. The van der Waals surface area contributed by atoms with E-state index in [0.29, 0.717) is 6.04 Å². The summed E-state index contributed by atoms with van der Waals surface area (Å²) in [4.78, 5) is 4.96. The maximum absolute atomic E-state index is 6.18. The van der Waals surface area contributed by atoms with Crippen molar-refractivity contribution in [2.75, 3.05) is 37.6 Å². The second kappa shape index (κ2) is 6.33. The molecule has 1 atom stereocenters. The van der Waals surface area contributed by atoms with Gasteiger partial charge in [0.2, 0.25) is 0 Å². The monoisotopic (exact) mass is 293 g/mol. The molecule has 0 radical (unpaired) electrons. The SMILES string of the molecule is NC(CCN1CCN(c2cccc(Cl)c2)CC1)C1CC1. The fourth-order valence-electron chi connectivity index (χ4n) is 2.99. The number of rotatable bonds is 5. The van der Waals surface area contributed by atoms with Crippen LogP contribution in [0.2, 0.25) is 5.02 Å². The van der Waals surface area contributed by atoms with Crippen LogP contribution in [0.25, 0.3) is 0 Å². The summed E-state index contributed by atoms with van der Waals surface area (Å²) < 4.78 is 0. The highest BCUT2D eigenvalue weighted by molar-refractivity contribution is 6.30. The number of hydrogen-bond acceptors (Lipinski definition) is 3. The Morgan fingerprint density at radius 3 is 2.60 bits per heavy atom. The van der Waals surface area contributed by atoms with Crippen LogP contribution in [-0.2, 0) is 0 Å². The van der Waals surface area contributed by atoms with Crippen LogP contribution in [0.4, 0.5) is 5.69 Å². The van der Waals surface area contributed by atoms with Gasteiger partial charge in [-0.3, -0.25) is 4.90 Å². The average molecular weight is 294 g/mol. The Morgan fingerprint density at radius 1 is 1.20 bits per heavy atom. The van der Waals surface area contributed by atoms with E-state index < -0.39 is 0 Å². The highest BCUT2D eigenvalue weighted by atomic mass is 35.5. The van der Waals surface area contributed by atoms with E-state index in [9.17, 15) is 0 Å². The molecule has 0 spiro atoms. The van der Waals surface area contributed by atoms with Crippen molar-refractivity contribution in [3.05, 3.63) is 29.3 Å². The first kappa shape index (κ1) is 14.2. The molecule has 20 heavy (non-hydrogen) atoms. The van der Waals surface area contributed by atoms with Crippen LogP contribution >= 0.6 is 11.6 Å². The second-order valence-electron chi connectivity index (χ2n) is 6.10. The van der Waals surface area contributed by atoms with Crippen molar-refractivity contribution in [2.24, 2.45) is 11.7 Å². The van der Waals surface area contributed by atoms with Crippen LogP contribution in [0.3, 0.4) is 0 Å². The van der Waals surface area contributed by atoms with Gasteiger partial charge in [-0.15, -0.1) is 0 Å². The maximum atomic E-state index is 6.18. The van der Waals surface area contributed by atoms with E-state index >= 15 is 0 Å². The number of anilines is 1. The number of piperazine rings is 1. The van der Waals surface area contributed by atoms with E-state index in [0.717, 1.165) is 50.1 Å². The third-order valence-corrected chi connectivity index (χ3v) is 4.79. The summed E-state index contributed by atoms with van der Waals surface area (Å²) in [5.41, 5.74) is 7.42. The Hall–Kier alpha value is -0.770. The van der Waals surface area contributed by atoms with E-state index in [1.807, 2.05) is 12.1 Å². The highest BCUT2D eigenvalue weighted by Gasteiger charge is 2.28. The second-order valence-corrected chi connectivity index (χ2v) is 6.53. The molecule has 2 N–H and O–H groups in total. The van der Waals surface area contributed by atoms with E-state index in [4.69, 9.17) is 17.3 Å². The van der Waals surface area contributed by atoms with Gasteiger partial charge in [-0.05, 0) is 49.9 Å². The lowest BCUT2D eigenvalue weighted by Gasteiger charge is -2.36. The largest absolute Gasteiger partial charge is 0.369 e. The number of benzene rings is 1. The van der Waals surface area contributed by atoms with Gasteiger partial charge in [0.1, 0.15) is 0 Å². The van der Waals surface area contributed by atoms with Gasteiger partial charge in [0.15, 0.2) is 0 Å². The molecule has 1 saturated heterocycles. The molecule has 1 aromatic rings. The Kier molecular flexibility index (Phi) is 4.49. The summed E-state index contributed by atoms with van der Waals surface area (Å²) in [6.45, 7) is 5.58. The zero-order valence-corrected chi connectivity index (χ0v) is 12.7. The lowest BCUT2D eigenvalue weighted by molar-refractivity contribution is 0.245. The van der Waals surface area contributed by atoms with Crippen LogP contribution in [0, 0.1) is 5.92 Å². The fourth-order valence-corrected chi connectivity index (χ4v) is 3.18. The predicted octanol–water partition coefficient (Wildman–Crippen LogP) is 2.59. The molecule has 0 aromatic heterocycles. The van der Waals surface area contributed by atoms with Gasteiger partial charge in [0.05, 0.1) is 0 Å². The third kappa shape index (κ3) is 3.66. The first-order valence-corrected chi connectivity index (χ1v) is 8.08. The normalized spacial score (nSPS) is 22.0. The van der Waals surface area contributed by atoms with Gasteiger partial charge in [0, 0.05) is 42.9 Å². The van der Waals surface area contributed by atoms with Gasteiger partial charge in [-0.2, -0.15) is 0 Å². The molecule has 4 heteroatoms. The van der Waals surface area contributed by atoms with Gasteiger partial charge in [0.25, 0.3) is 0 Å². The summed E-state index contributed by atoms with van der Waals surface area (Å²) in [6, 6.07) is 8.59. The van der Waals surface area contributed by atoms with Gasteiger partial charge in [-0.25, -0.2) is 0 Å². The van der Waals surface area contributed by atoms with Crippen LogP contribution in [0.15, 0.2) is 24.3 Å². The molecule has 1 aromatic carbocycles. The van der Waals surface area contributed by atoms with Crippen LogP contribution in [0.1, 0.15) is 19.3 Å². The van der Waals surface area contributed by atoms with Crippen LogP contribution < -0.4 is 10.6 Å². The Morgan fingerprint density at radius 2 is 1.95 bits per heavy atom. The Labute approximate surface area is 126 Å². The number of hydrogen-bond donors (Lipinski definition) is 1. The lowest BCUT2D eigenvalue weighted by atomic mass is 10.1. The minimum absolute atomic E-state index is 0.431. The van der Waals surface area contributed by atoms with Gasteiger partial charge < -0.3 is 10.6 Å². The van der Waals surface area contributed by atoms with Crippen molar-refractivity contribution < 1.29 is 0 Å². The molecule has 0 amide bonds. The van der Waals surface area contributed by atoms with E-state index in [2.05, 4.69) is 21.9 Å². The van der Waals surface area contributed by atoms with Gasteiger partial charge in [-0.1, -0.05) is 17.7 Å². The standard InChI is InChI=1S/C16H24ClN3/c17-14-2-1-3-15(12-14)20-10-8-19(9-11-20)7-6-16(18)13-4-5-13/h1-3,12-13,16H,4-11,18H2. The van der Waals surface area contributed by atoms with Crippen molar-refractivity contribution >= 4 is 17.3 Å². The Balaban J connectivity index is 1.44. The molecule has 3 rings (SSSR count). The van der Waals surface area contributed by atoms with Crippen molar-refractivity contribution in [3.8, 4) is 0 Å². The van der Waals surface area contributed by atoms with Crippen molar-refractivity contribution in [2.45, 2.75) is 25.3 Å². The molecule has 1 saturated carbocycles. The highest BCUT2D eigenvalue weighted by Crippen LogP contribution is 2.32. The zero-order chi connectivity index (χ0) is 13.9. The molecule has 2 fully saturated rings. The predicted molar refractivity (Wildman–Crippen MR) is 85.4 cm³/mol. The fraction of sp³-hybridized carbons (Fsp3) is 0.625. The third-order valence-electron chi connectivity index (χ3n) is 4.55.